The van der Waals surface area contributed by atoms with Crippen LogP contribution in [0.2, 0.25) is 0 Å². The van der Waals surface area contributed by atoms with E-state index in [9.17, 15) is 9.50 Å². The number of hydrogen-bond acceptors (Lipinski definition) is 3. The maximum atomic E-state index is 13.1. The van der Waals surface area contributed by atoms with Gasteiger partial charge in [0.15, 0.2) is 0 Å². The zero-order valence-electron chi connectivity index (χ0n) is 12.4. The third-order valence-electron chi connectivity index (χ3n) is 5.36. The molecule has 0 bridgehead atoms. The smallest absolute Gasteiger partial charge is 0.123 e. The van der Waals surface area contributed by atoms with Gasteiger partial charge in [-0.25, -0.2) is 4.39 Å². The standard InChI is InChI=1S/C18H20FNO2/c19-16-3-1-15(2-4-16)18(21)7-5-14-10-20(11-17(14)18)9-13-6-8-22-12-13/h1-4,6,8,12,14,17,21H,5,7,9-11H2. The van der Waals surface area contributed by atoms with Gasteiger partial charge in [-0.1, -0.05) is 12.1 Å². The fourth-order valence-electron chi connectivity index (χ4n) is 4.25. The van der Waals surface area contributed by atoms with Crippen LogP contribution in [0.15, 0.2) is 47.3 Å². The Morgan fingerprint density at radius 1 is 1.23 bits per heavy atom. The van der Waals surface area contributed by atoms with Crippen LogP contribution in [0.4, 0.5) is 4.39 Å². The second-order valence-electron chi connectivity index (χ2n) is 6.66. The average molecular weight is 301 g/mol. The van der Waals surface area contributed by atoms with E-state index in [4.69, 9.17) is 4.42 Å². The highest BCUT2D eigenvalue weighted by Crippen LogP contribution is 2.50. The lowest BCUT2D eigenvalue weighted by Gasteiger charge is -2.30. The number of nitrogens with zero attached hydrogens (tertiary/aromatic N) is 1. The molecule has 0 amide bonds. The van der Waals surface area contributed by atoms with Crippen LogP contribution in [0.3, 0.4) is 0 Å². The maximum Gasteiger partial charge on any atom is 0.123 e. The van der Waals surface area contributed by atoms with E-state index in [0.29, 0.717) is 5.92 Å². The summed E-state index contributed by atoms with van der Waals surface area (Å²) in [6, 6.07) is 8.34. The molecule has 2 aromatic rings. The Hall–Kier alpha value is -1.65. The molecular weight excluding hydrogens is 281 g/mol. The van der Waals surface area contributed by atoms with Gasteiger partial charge in [-0.15, -0.1) is 0 Å². The van der Waals surface area contributed by atoms with E-state index in [-0.39, 0.29) is 11.7 Å². The predicted molar refractivity (Wildman–Crippen MR) is 80.5 cm³/mol. The molecule has 0 spiro atoms. The molecule has 3 nitrogen and oxygen atoms in total. The Labute approximate surface area is 129 Å². The van der Waals surface area contributed by atoms with Crippen LogP contribution in [0, 0.1) is 17.7 Å². The van der Waals surface area contributed by atoms with Gasteiger partial charge in [0.25, 0.3) is 0 Å². The van der Waals surface area contributed by atoms with Crippen LogP contribution in [0.1, 0.15) is 24.0 Å². The SMILES string of the molecule is OC1(c2ccc(F)cc2)CCC2CN(Cc3ccoc3)CC21. The first kappa shape index (κ1) is 14.0. The zero-order valence-corrected chi connectivity index (χ0v) is 12.4. The van der Waals surface area contributed by atoms with E-state index in [1.54, 1.807) is 24.7 Å². The molecule has 2 fully saturated rings. The Kier molecular flexibility index (Phi) is 3.31. The minimum absolute atomic E-state index is 0.227. The number of benzene rings is 1. The summed E-state index contributed by atoms with van der Waals surface area (Å²) in [6.45, 7) is 2.76. The molecule has 1 aliphatic carbocycles. The van der Waals surface area contributed by atoms with Gasteiger partial charge < -0.3 is 9.52 Å². The molecule has 116 valence electrons. The van der Waals surface area contributed by atoms with Crippen molar-refractivity contribution in [2.75, 3.05) is 13.1 Å². The van der Waals surface area contributed by atoms with Gasteiger partial charge in [-0.05, 0) is 42.5 Å². The van der Waals surface area contributed by atoms with Crippen molar-refractivity contribution in [1.82, 2.24) is 4.90 Å². The molecule has 2 aliphatic rings. The van der Waals surface area contributed by atoms with Crippen molar-refractivity contribution in [3.05, 3.63) is 59.8 Å². The van der Waals surface area contributed by atoms with E-state index in [0.717, 1.165) is 38.0 Å². The van der Waals surface area contributed by atoms with Crippen LogP contribution in [0.25, 0.3) is 0 Å². The Morgan fingerprint density at radius 3 is 2.77 bits per heavy atom. The molecule has 4 heteroatoms. The summed E-state index contributed by atoms with van der Waals surface area (Å²) >= 11 is 0. The molecule has 1 N–H and O–H groups in total. The highest BCUT2D eigenvalue weighted by molar-refractivity contribution is 5.27. The number of halogens is 1. The largest absolute Gasteiger partial charge is 0.472 e. The van der Waals surface area contributed by atoms with Crippen molar-refractivity contribution in [3.63, 3.8) is 0 Å². The molecule has 22 heavy (non-hydrogen) atoms. The lowest BCUT2D eigenvalue weighted by atomic mass is 9.82. The van der Waals surface area contributed by atoms with Crippen LogP contribution in [0.5, 0.6) is 0 Å². The second-order valence-corrected chi connectivity index (χ2v) is 6.66. The molecule has 4 rings (SSSR count). The number of rotatable bonds is 3. The first-order valence-electron chi connectivity index (χ1n) is 7.87. The van der Waals surface area contributed by atoms with Crippen LogP contribution < -0.4 is 0 Å². The van der Waals surface area contributed by atoms with Gasteiger partial charge in [0.05, 0.1) is 18.1 Å². The van der Waals surface area contributed by atoms with Gasteiger partial charge in [0.1, 0.15) is 5.82 Å². The number of fused-ring (bicyclic) bond motifs is 1. The van der Waals surface area contributed by atoms with Gasteiger partial charge >= 0.3 is 0 Å². The van der Waals surface area contributed by atoms with Crippen molar-refractivity contribution < 1.29 is 13.9 Å². The van der Waals surface area contributed by atoms with Crippen molar-refractivity contribution in [3.8, 4) is 0 Å². The third-order valence-corrected chi connectivity index (χ3v) is 5.36. The fourth-order valence-corrected chi connectivity index (χ4v) is 4.25. The van der Waals surface area contributed by atoms with E-state index >= 15 is 0 Å². The van der Waals surface area contributed by atoms with Gasteiger partial charge in [-0.3, -0.25) is 4.90 Å². The van der Waals surface area contributed by atoms with Gasteiger partial charge in [0.2, 0.25) is 0 Å². The highest BCUT2D eigenvalue weighted by Gasteiger charge is 2.52. The number of likely N-dealkylation sites (tertiary alicyclic amines) is 1. The number of aliphatic hydroxyl groups is 1. The van der Waals surface area contributed by atoms with Gasteiger partial charge in [-0.2, -0.15) is 0 Å². The molecular formula is C18H20FNO2. The normalized spacial score (nSPS) is 31.5. The lowest BCUT2D eigenvalue weighted by Crippen LogP contribution is -2.34. The highest BCUT2D eigenvalue weighted by atomic mass is 19.1. The molecule has 2 heterocycles. The zero-order chi connectivity index (χ0) is 15.2. The minimum atomic E-state index is -0.816. The summed E-state index contributed by atoms with van der Waals surface area (Å²) in [5.41, 5.74) is 1.21. The summed E-state index contributed by atoms with van der Waals surface area (Å²) in [6.07, 6.45) is 5.27. The summed E-state index contributed by atoms with van der Waals surface area (Å²) in [7, 11) is 0. The van der Waals surface area contributed by atoms with E-state index in [2.05, 4.69) is 4.90 Å². The topological polar surface area (TPSA) is 36.6 Å². The van der Waals surface area contributed by atoms with E-state index in [1.807, 2.05) is 6.07 Å². The first-order valence-corrected chi connectivity index (χ1v) is 7.87. The van der Waals surface area contributed by atoms with Crippen LogP contribution in [-0.2, 0) is 12.1 Å². The summed E-state index contributed by atoms with van der Waals surface area (Å²) in [4.78, 5) is 2.38. The monoisotopic (exact) mass is 301 g/mol. The molecule has 1 aromatic heterocycles. The predicted octanol–water partition coefficient (Wildman–Crippen LogP) is 3.15. The van der Waals surface area contributed by atoms with Crippen LogP contribution >= 0.6 is 0 Å². The molecule has 3 atom stereocenters. The molecule has 0 radical (unpaired) electrons. The van der Waals surface area contributed by atoms with Crippen molar-refractivity contribution >= 4 is 0 Å². The summed E-state index contributed by atoms with van der Waals surface area (Å²) < 4.78 is 18.3. The minimum Gasteiger partial charge on any atom is -0.472 e. The van der Waals surface area contributed by atoms with Crippen molar-refractivity contribution in [1.29, 1.82) is 0 Å². The molecule has 1 saturated heterocycles. The molecule has 1 aromatic carbocycles. The van der Waals surface area contributed by atoms with Crippen molar-refractivity contribution in [2.24, 2.45) is 11.8 Å². The average Bonchev–Trinajstić information content (AvgIpc) is 3.21. The lowest BCUT2D eigenvalue weighted by molar-refractivity contribution is -0.00688. The molecule has 3 unspecified atom stereocenters. The first-order chi connectivity index (χ1) is 10.6. The molecule has 1 aliphatic heterocycles. The fraction of sp³-hybridized carbons (Fsp3) is 0.444. The number of furan rings is 1. The Balaban J connectivity index is 1.53. The summed E-state index contributed by atoms with van der Waals surface area (Å²) in [5, 5.41) is 11.2. The molecule has 1 saturated carbocycles. The third kappa shape index (κ3) is 2.27. The Bertz CT molecular complexity index is 640. The second kappa shape index (κ2) is 5.21. The Morgan fingerprint density at radius 2 is 2.05 bits per heavy atom. The van der Waals surface area contributed by atoms with E-state index in [1.165, 1.54) is 17.7 Å². The van der Waals surface area contributed by atoms with Crippen molar-refractivity contribution in [2.45, 2.75) is 25.0 Å². The quantitative estimate of drug-likeness (QED) is 0.946. The maximum absolute atomic E-state index is 13.1. The van der Waals surface area contributed by atoms with Gasteiger partial charge in [0, 0.05) is 31.1 Å². The van der Waals surface area contributed by atoms with Crippen LogP contribution in [-0.4, -0.2) is 23.1 Å². The summed E-state index contributed by atoms with van der Waals surface area (Å²) in [5.74, 6) is 0.488. The van der Waals surface area contributed by atoms with E-state index < -0.39 is 5.60 Å². The number of hydrogen-bond donors (Lipinski definition) is 1.